The fourth-order valence-corrected chi connectivity index (χ4v) is 9.85. The second-order valence-electron chi connectivity index (χ2n) is 19.4. The molecule has 1 amide bonds. The van der Waals surface area contributed by atoms with Gasteiger partial charge in [0.15, 0.2) is 5.78 Å². The number of ether oxygens (including phenoxy) is 6. The van der Waals surface area contributed by atoms with Crippen LogP contribution in [0.15, 0.2) is 47.6 Å². The molecule has 1 unspecified atom stereocenters. The highest BCUT2D eigenvalue weighted by molar-refractivity contribution is 6.39. The van der Waals surface area contributed by atoms with Gasteiger partial charge in [0, 0.05) is 65.3 Å². The van der Waals surface area contributed by atoms with Gasteiger partial charge in [-0.05, 0) is 106 Å². The third-order valence-corrected chi connectivity index (χ3v) is 14.7. The van der Waals surface area contributed by atoms with E-state index in [-0.39, 0.29) is 63.0 Å². The van der Waals surface area contributed by atoms with Gasteiger partial charge in [-0.1, -0.05) is 77.9 Å². The van der Waals surface area contributed by atoms with Gasteiger partial charge in [0.1, 0.15) is 30.1 Å². The summed E-state index contributed by atoms with van der Waals surface area (Å²) in [6, 6.07) is -1.45. The summed E-state index contributed by atoms with van der Waals surface area (Å²) in [5.74, 6) is -17.3. The van der Waals surface area contributed by atoms with Crippen molar-refractivity contribution in [3.63, 3.8) is 0 Å². The average Bonchev–Trinajstić information content (AvgIpc) is 3.52. The number of fused-ring (bicyclic) bond motifs is 3. The van der Waals surface area contributed by atoms with E-state index in [1.807, 2.05) is 0 Å². The number of methoxy groups -OCH3 is 3. The van der Waals surface area contributed by atoms with Gasteiger partial charge in [0.25, 0.3) is 11.7 Å². The molecule has 2 saturated heterocycles. The number of allylic oxidation sites excluding steroid dienone is 6. The Hall–Kier alpha value is -3.41. The number of rotatable bonds is 9. The smallest absolute Gasteiger partial charge is 0.329 e. The maximum absolute atomic E-state index is 14.7. The minimum atomic E-state index is -3.35. The van der Waals surface area contributed by atoms with Gasteiger partial charge >= 0.3 is 5.97 Å². The molecule has 69 heavy (non-hydrogen) atoms. The van der Waals surface area contributed by atoms with Gasteiger partial charge in [0.2, 0.25) is 5.79 Å². The molecule has 0 aromatic carbocycles. The molecule has 0 aromatic rings. The molecule has 2 bridgehead atoms. The molecule has 4 aliphatic rings. The lowest BCUT2D eigenvalue weighted by Crippen LogP contribution is -2.61. The standard InChI is InChI=1S/C54H85NO14/c1-32-17-13-12-14-18-33(2)45(64-9)30-41-22-20-37(6)54(63,69-41)51(60)52(61)55-24-16-15-19-42(55)53(62)68-46(35(4)28-40-21-23-44(67-26-25-56)47(29-40)65-10)31-43(57)34(3)27-36(5)48(58)50(66-11)49(59)39(8)38(32)7/h12-14,17-18,27,32,34-35,37-42,44-48,50,56,58,63H,15-16,19-26,28-31H2,1-11H3/b14-12+,17-13+,33-18+,36-27+/t32-,34-,35-,37-,38?,39-,40+,41+,42+,44-,45+,46+,47-,48-,50-,54-/m1/s1/i3D3,9D3,25D2,26D2,32D,38D. The minimum absolute atomic E-state index is 0.0245. The van der Waals surface area contributed by atoms with Gasteiger partial charge < -0.3 is 48.6 Å². The first-order chi connectivity index (χ1) is 37.1. The van der Waals surface area contributed by atoms with Crippen LogP contribution in [-0.2, 0) is 52.4 Å². The van der Waals surface area contributed by atoms with Crippen LogP contribution in [0.25, 0.3) is 0 Å². The normalized spacial score (nSPS) is 45.3. The Morgan fingerprint density at radius 3 is 2.38 bits per heavy atom. The van der Waals surface area contributed by atoms with E-state index >= 15 is 0 Å². The SMILES string of the molecule is [2H]C([2H])([2H])O[C@H]1C[C@@H]2CC[C@@H](C)[C@@](O)(O2)C(=O)C(=O)N2CCCC[C@H]2C(=O)O[C@H]([C@H](C)C[C@@H]2CC[C@@H](OC([2H])([2H])C([2H])([2H])O)[C@H](OC)C2)CC(=O)[C@H](C([2H])([2H])[2H])/C=C(\C)[C@@H](O)[C@@H](OC)C(=O)[C@H](C)C([2H])(C)[C@]([2H])(C)/C=C/C=C/C=C/1C. The van der Waals surface area contributed by atoms with Crippen LogP contribution in [0, 0.1) is 41.4 Å². The summed E-state index contributed by atoms with van der Waals surface area (Å²) in [5, 5.41) is 33.6. The third kappa shape index (κ3) is 15.3. The topological polar surface area (TPSA) is 205 Å². The number of piperidine rings is 1. The zero-order chi connectivity index (χ0) is 61.6. The maximum atomic E-state index is 14.7. The van der Waals surface area contributed by atoms with Crippen molar-refractivity contribution in [3.05, 3.63) is 47.6 Å². The van der Waals surface area contributed by atoms with Crippen molar-refractivity contribution < 1.29 is 84.2 Å². The van der Waals surface area contributed by atoms with Gasteiger partial charge in [-0.15, -0.1) is 0 Å². The van der Waals surface area contributed by atoms with Gasteiger partial charge in [-0.3, -0.25) is 19.2 Å². The number of amides is 1. The number of aliphatic hydroxyl groups is 3. The molecule has 0 radical (unpaired) electrons. The molecule has 390 valence electrons. The maximum Gasteiger partial charge on any atom is 0.329 e. The fourth-order valence-electron chi connectivity index (χ4n) is 9.85. The number of carbonyl (C=O) groups excluding carboxylic acids is 5. The van der Waals surface area contributed by atoms with E-state index in [0.717, 1.165) is 18.1 Å². The number of esters is 1. The molecular weight excluding hydrogens is 887 g/mol. The summed E-state index contributed by atoms with van der Waals surface area (Å²) in [7, 11) is -0.449. The Morgan fingerprint density at radius 2 is 1.70 bits per heavy atom. The molecule has 1 aliphatic carbocycles. The molecule has 15 heteroatoms. The van der Waals surface area contributed by atoms with Crippen LogP contribution in [0.2, 0.25) is 0 Å². The number of cyclic esters (lactones) is 1. The lowest BCUT2D eigenvalue weighted by atomic mass is 9.78. The molecule has 16 atom stereocenters. The van der Waals surface area contributed by atoms with E-state index < -0.39 is 153 Å². The van der Waals surface area contributed by atoms with Crippen LogP contribution < -0.4 is 0 Å². The van der Waals surface area contributed by atoms with Gasteiger partial charge in [-0.2, -0.15) is 0 Å². The zero-order valence-electron chi connectivity index (χ0n) is 53.7. The molecule has 4 rings (SSSR count). The first kappa shape index (κ1) is 42.1. The van der Waals surface area contributed by atoms with Gasteiger partial charge in [0.05, 0.1) is 47.1 Å². The number of ketones is 3. The molecule has 0 spiro atoms. The summed E-state index contributed by atoms with van der Waals surface area (Å²) < 4.78 is 133. The van der Waals surface area contributed by atoms with Crippen LogP contribution in [0.4, 0.5) is 0 Å². The van der Waals surface area contributed by atoms with E-state index in [1.165, 1.54) is 72.1 Å². The first-order valence-corrected chi connectivity index (χ1v) is 24.2. The van der Waals surface area contributed by atoms with E-state index in [9.17, 15) is 42.0 Å². The Bertz CT molecular complexity index is 2330. The van der Waals surface area contributed by atoms with Crippen molar-refractivity contribution in [2.24, 2.45) is 41.4 Å². The van der Waals surface area contributed by atoms with Crippen LogP contribution in [0.5, 0.6) is 0 Å². The highest BCUT2D eigenvalue weighted by Gasteiger charge is 2.53. The fraction of sp³-hybridized carbons (Fsp3) is 0.759. The summed E-state index contributed by atoms with van der Waals surface area (Å²) in [6.07, 6.45) is 0.250. The van der Waals surface area contributed by atoms with Crippen LogP contribution in [0.3, 0.4) is 0 Å². The Labute approximate surface area is 428 Å². The number of carbonyl (C=O) groups is 5. The number of aliphatic hydroxyl groups excluding tert-OH is 1. The summed E-state index contributed by atoms with van der Waals surface area (Å²) >= 11 is 0. The van der Waals surface area contributed by atoms with E-state index in [1.54, 1.807) is 13.8 Å². The summed E-state index contributed by atoms with van der Waals surface area (Å²) in [5.41, 5.74) is 0.206. The quantitative estimate of drug-likeness (QED) is 0.129. The highest BCUT2D eigenvalue weighted by atomic mass is 16.6. The largest absolute Gasteiger partial charge is 0.460 e. The van der Waals surface area contributed by atoms with Crippen LogP contribution in [0.1, 0.15) is 142 Å². The molecule has 3 N–H and O–H groups in total. The number of hydrogen-bond donors (Lipinski definition) is 3. The molecular formula is C54H85NO14. The highest BCUT2D eigenvalue weighted by Crippen LogP contribution is 2.38. The number of Topliss-reactive ketones (excluding diaryl/α,β-unsaturated/α-hetero) is 3. The van der Waals surface area contributed by atoms with Crippen molar-refractivity contribution in [1.82, 2.24) is 4.90 Å². The van der Waals surface area contributed by atoms with Crippen molar-refractivity contribution in [2.45, 2.75) is 181 Å². The third-order valence-electron chi connectivity index (χ3n) is 14.7. The summed E-state index contributed by atoms with van der Waals surface area (Å²) in [6.45, 7) is 0.470. The zero-order valence-corrected chi connectivity index (χ0v) is 41.7. The number of hydrogen-bond acceptors (Lipinski definition) is 14. The number of nitrogens with zero attached hydrogens (tertiary/aromatic N) is 1. The Kier molecular flexibility index (Phi) is 16.7. The predicted molar refractivity (Wildman–Crippen MR) is 261 cm³/mol. The second-order valence-corrected chi connectivity index (χ2v) is 19.4. The lowest BCUT2D eigenvalue weighted by Gasteiger charge is -2.42. The van der Waals surface area contributed by atoms with Crippen LogP contribution >= 0.6 is 0 Å². The predicted octanol–water partition coefficient (Wildman–Crippen LogP) is 6.44. The lowest BCUT2D eigenvalue weighted by molar-refractivity contribution is -0.265. The summed E-state index contributed by atoms with van der Waals surface area (Å²) in [4.78, 5) is 73.4. The Morgan fingerprint density at radius 1 is 0.942 bits per heavy atom. The second kappa shape index (κ2) is 27.4. The molecule has 3 aliphatic heterocycles. The van der Waals surface area contributed by atoms with E-state index in [2.05, 4.69) is 0 Å². The van der Waals surface area contributed by atoms with Crippen molar-refractivity contribution in [2.75, 3.05) is 40.9 Å². The van der Waals surface area contributed by atoms with Crippen LogP contribution in [-0.4, -0.2) is 145 Å². The molecule has 1 saturated carbocycles. The molecule has 0 aromatic heterocycles. The monoisotopic (exact) mass is 984 g/mol. The van der Waals surface area contributed by atoms with Gasteiger partial charge in [-0.25, -0.2) is 4.79 Å². The molecule has 3 fully saturated rings. The average molecular weight is 984 g/mol. The van der Waals surface area contributed by atoms with E-state index in [0.29, 0.717) is 24.8 Å². The van der Waals surface area contributed by atoms with Crippen molar-refractivity contribution in [1.29, 1.82) is 0 Å². The van der Waals surface area contributed by atoms with Crippen molar-refractivity contribution in [3.8, 4) is 0 Å². The Balaban J connectivity index is 1.84. The van der Waals surface area contributed by atoms with Crippen molar-refractivity contribution >= 4 is 29.2 Å². The minimum Gasteiger partial charge on any atom is -0.460 e. The van der Waals surface area contributed by atoms with E-state index in [4.69, 9.17) is 42.1 Å². The molecule has 3 heterocycles. The first-order valence-electron chi connectivity index (χ1n) is 30.2. The molecule has 15 nitrogen and oxygen atoms in total.